The minimum Gasteiger partial charge on any atom is -0.249 e. The van der Waals surface area contributed by atoms with Crippen molar-refractivity contribution in [2.45, 2.75) is 26.8 Å². The van der Waals surface area contributed by atoms with Crippen molar-refractivity contribution in [2.24, 2.45) is 5.92 Å². The maximum absolute atomic E-state index is 6.22. The van der Waals surface area contributed by atoms with E-state index in [-0.39, 0.29) is 0 Å². The van der Waals surface area contributed by atoms with E-state index in [4.69, 9.17) is 11.6 Å². The first-order valence-corrected chi connectivity index (χ1v) is 7.19. The van der Waals surface area contributed by atoms with Crippen molar-refractivity contribution in [1.82, 2.24) is 9.78 Å². The molecule has 1 aromatic heterocycles. The van der Waals surface area contributed by atoms with Crippen LogP contribution in [-0.4, -0.2) is 9.78 Å². The molecule has 0 saturated heterocycles. The molecule has 18 heavy (non-hydrogen) atoms. The highest BCUT2D eigenvalue weighted by Crippen LogP contribution is 2.20. The normalized spacial score (nSPS) is 11.2. The summed E-state index contributed by atoms with van der Waals surface area (Å²) in [5, 5.41) is 5.25. The summed E-state index contributed by atoms with van der Waals surface area (Å²) in [6.07, 6.45) is 0.961. The average molecular weight is 328 g/mol. The van der Waals surface area contributed by atoms with Crippen LogP contribution in [0.2, 0.25) is 5.15 Å². The molecule has 4 heteroatoms. The molecule has 0 aliphatic carbocycles. The van der Waals surface area contributed by atoms with Gasteiger partial charge in [0.1, 0.15) is 5.15 Å². The molecule has 2 rings (SSSR count). The Hall–Kier alpha value is -0.800. The number of rotatable bonds is 4. The highest BCUT2D eigenvalue weighted by molar-refractivity contribution is 9.10. The molecular formula is C14H16BrClN2. The van der Waals surface area contributed by atoms with Gasteiger partial charge in [-0.15, -0.1) is 0 Å². The van der Waals surface area contributed by atoms with Crippen LogP contribution in [-0.2, 0) is 13.0 Å². The summed E-state index contributed by atoms with van der Waals surface area (Å²) in [4.78, 5) is 0. The van der Waals surface area contributed by atoms with Crippen molar-refractivity contribution in [2.75, 3.05) is 0 Å². The zero-order chi connectivity index (χ0) is 13.1. The molecule has 0 atom stereocenters. The van der Waals surface area contributed by atoms with Crippen LogP contribution >= 0.6 is 27.5 Å². The third kappa shape index (κ3) is 3.36. The first kappa shape index (κ1) is 13.6. The van der Waals surface area contributed by atoms with Crippen molar-refractivity contribution in [3.8, 4) is 0 Å². The summed E-state index contributed by atoms with van der Waals surface area (Å²) in [7, 11) is 0. The lowest BCUT2D eigenvalue weighted by atomic mass is 10.1. The molecule has 2 aromatic rings. The van der Waals surface area contributed by atoms with Crippen molar-refractivity contribution >= 4 is 27.5 Å². The Kier molecular flexibility index (Phi) is 4.46. The van der Waals surface area contributed by atoms with E-state index >= 15 is 0 Å². The lowest BCUT2D eigenvalue weighted by Gasteiger charge is -2.05. The standard InChI is InChI=1S/C14H16BrClN2/c1-10(2)7-12-8-14(16)18(17-12)9-11-5-3-4-6-13(11)15/h3-6,8,10H,7,9H2,1-2H3. The molecule has 2 nitrogen and oxygen atoms in total. The lowest BCUT2D eigenvalue weighted by molar-refractivity contribution is 0.608. The molecular weight excluding hydrogens is 312 g/mol. The van der Waals surface area contributed by atoms with Crippen molar-refractivity contribution in [3.05, 3.63) is 51.2 Å². The van der Waals surface area contributed by atoms with Gasteiger partial charge in [-0.1, -0.05) is 59.6 Å². The van der Waals surface area contributed by atoms with Crippen LogP contribution < -0.4 is 0 Å². The van der Waals surface area contributed by atoms with Crippen molar-refractivity contribution in [3.63, 3.8) is 0 Å². The van der Waals surface area contributed by atoms with Crippen LogP contribution in [0.1, 0.15) is 25.1 Å². The number of halogens is 2. The Morgan fingerprint density at radius 2 is 2.06 bits per heavy atom. The minimum absolute atomic E-state index is 0.591. The van der Waals surface area contributed by atoms with E-state index < -0.39 is 0 Å². The summed E-state index contributed by atoms with van der Waals surface area (Å²) < 4.78 is 2.93. The van der Waals surface area contributed by atoms with Gasteiger partial charge < -0.3 is 0 Å². The van der Waals surface area contributed by atoms with E-state index in [1.807, 2.05) is 28.9 Å². The summed E-state index contributed by atoms with van der Waals surface area (Å²) in [6.45, 7) is 5.06. The Balaban J connectivity index is 2.19. The van der Waals surface area contributed by atoms with Gasteiger partial charge in [-0.25, -0.2) is 4.68 Å². The Morgan fingerprint density at radius 3 is 2.72 bits per heavy atom. The van der Waals surface area contributed by atoms with Gasteiger partial charge in [-0.3, -0.25) is 0 Å². The molecule has 0 amide bonds. The summed E-state index contributed by atoms with van der Waals surface area (Å²) in [6, 6.07) is 10.1. The second kappa shape index (κ2) is 5.89. The van der Waals surface area contributed by atoms with Gasteiger partial charge >= 0.3 is 0 Å². The molecule has 0 aliphatic rings. The third-order valence-electron chi connectivity index (χ3n) is 2.68. The van der Waals surface area contributed by atoms with Crippen molar-refractivity contribution < 1.29 is 0 Å². The van der Waals surface area contributed by atoms with Crippen LogP contribution in [0.3, 0.4) is 0 Å². The first-order valence-electron chi connectivity index (χ1n) is 6.02. The first-order chi connectivity index (χ1) is 8.56. The predicted octanol–water partition coefficient (Wildman–Crippen LogP) is 4.55. The Labute approximate surface area is 121 Å². The minimum atomic E-state index is 0.591. The number of hydrogen-bond donors (Lipinski definition) is 0. The molecule has 0 fully saturated rings. The van der Waals surface area contributed by atoms with Crippen LogP contribution in [0.5, 0.6) is 0 Å². The van der Waals surface area contributed by atoms with Gasteiger partial charge in [0.2, 0.25) is 0 Å². The fraction of sp³-hybridized carbons (Fsp3) is 0.357. The Morgan fingerprint density at radius 1 is 1.33 bits per heavy atom. The van der Waals surface area contributed by atoms with E-state index in [1.165, 1.54) is 5.56 Å². The number of aromatic nitrogens is 2. The fourth-order valence-electron chi connectivity index (χ4n) is 1.86. The number of benzene rings is 1. The van der Waals surface area contributed by atoms with Gasteiger partial charge in [0.15, 0.2) is 0 Å². The molecule has 0 bridgehead atoms. The van der Waals surface area contributed by atoms with Gasteiger partial charge in [0.25, 0.3) is 0 Å². The maximum Gasteiger partial charge on any atom is 0.127 e. The molecule has 1 heterocycles. The summed E-state index contributed by atoms with van der Waals surface area (Å²) >= 11 is 9.76. The van der Waals surface area contributed by atoms with Crippen LogP contribution in [0.4, 0.5) is 0 Å². The third-order valence-corrected chi connectivity index (χ3v) is 3.75. The van der Waals surface area contributed by atoms with Crippen LogP contribution in [0.15, 0.2) is 34.8 Å². The monoisotopic (exact) mass is 326 g/mol. The SMILES string of the molecule is CC(C)Cc1cc(Cl)n(Cc2ccccc2Br)n1. The maximum atomic E-state index is 6.22. The zero-order valence-corrected chi connectivity index (χ0v) is 12.9. The molecule has 0 aliphatic heterocycles. The molecule has 1 aromatic carbocycles. The highest BCUT2D eigenvalue weighted by Gasteiger charge is 2.09. The van der Waals surface area contributed by atoms with Gasteiger partial charge in [-0.2, -0.15) is 5.10 Å². The number of nitrogens with zero attached hydrogens (tertiary/aromatic N) is 2. The molecule has 0 N–H and O–H groups in total. The molecule has 0 unspecified atom stereocenters. The lowest BCUT2D eigenvalue weighted by Crippen LogP contribution is -2.04. The molecule has 0 spiro atoms. The van der Waals surface area contributed by atoms with Gasteiger partial charge in [-0.05, 0) is 30.0 Å². The van der Waals surface area contributed by atoms with Gasteiger partial charge in [0, 0.05) is 4.47 Å². The molecule has 0 saturated carbocycles. The Bertz CT molecular complexity index is 534. The van der Waals surface area contributed by atoms with E-state index in [1.54, 1.807) is 0 Å². The average Bonchev–Trinajstić information content (AvgIpc) is 2.61. The largest absolute Gasteiger partial charge is 0.249 e. The number of hydrogen-bond acceptors (Lipinski definition) is 1. The molecule has 96 valence electrons. The topological polar surface area (TPSA) is 17.8 Å². The van der Waals surface area contributed by atoms with Crippen LogP contribution in [0, 0.1) is 5.92 Å². The highest BCUT2D eigenvalue weighted by atomic mass is 79.9. The van der Waals surface area contributed by atoms with Gasteiger partial charge in [0.05, 0.1) is 12.2 Å². The quantitative estimate of drug-likeness (QED) is 0.806. The van der Waals surface area contributed by atoms with E-state index in [0.29, 0.717) is 17.6 Å². The second-order valence-electron chi connectivity index (χ2n) is 4.81. The predicted molar refractivity (Wildman–Crippen MR) is 79.0 cm³/mol. The van der Waals surface area contributed by atoms with Crippen LogP contribution in [0.25, 0.3) is 0 Å². The van der Waals surface area contributed by atoms with Crippen molar-refractivity contribution in [1.29, 1.82) is 0 Å². The zero-order valence-electron chi connectivity index (χ0n) is 10.5. The van der Waals surface area contributed by atoms with E-state index in [2.05, 4.69) is 40.9 Å². The summed E-state index contributed by atoms with van der Waals surface area (Å²) in [5.41, 5.74) is 2.24. The van der Waals surface area contributed by atoms with E-state index in [0.717, 1.165) is 16.6 Å². The summed E-state index contributed by atoms with van der Waals surface area (Å²) in [5.74, 6) is 0.591. The smallest absolute Gasteiger partial charge is 0.127 e. The fourth-order valence-corrected chi connectivity index (χ4v) is 2.49. The second-order valence-corrected chi connectivity index (χ2v) is 6.05. The molecule has 0 radical (unpaired) electrons. The van der Waals surface area contributed by atoms with E-state index in [9.17, 15) is 0 Å².